The van der Waals surface area contributed by atoms with Crippen LogP contribution in [0.5, 0.6) is 0 Å². The monoisotopic (exact) mass is 199 g/mol. The molecule has 1 heterocycles. The molecule has 1 unspecified atom stereocenters. The summed E-state index contributed by atoms with van der Waals surface area (Å²) in [6, 6.07) is 2.12. The Morgan fingerprint density at radius 2 is 1.79 bits per heavy atom. The molecule has 0 aromatic carbocycles. The van der Waals surface area contributed by atoms with E-state index in [0.717, 1.165) is 26.2 Å². The maximum atomic E-state index is 9.22. The van der Waals surface area contributed by atoms with Crippen LogP contribution in [-0.4, -0.2) is 72.0 Å². The molecule has 1 atom stereocenters. The molecule has 0 amide bonds. The first-order valence-corrected chi connectivity index (χ1v) is 4.87. The number of aliphatic hydroxyl groups excluding tert-OH is 2. The number of aliphatic hydroxyl groups is 2. The summed E-state index contributed by atoms with van der Waals surface area (Å²) in [5.74, 6) is 0. The summed E-state index contributed by atoms with van der Waals surface area (Å²) in [5, 5.41) is 26.4. The van der Waals surface area contributed by atoms with Gasteiger partial charge in [-0.05, 0) is 0 Å². The second-order valence-corrected chi connectivity index (χ2v) is 3.57. The van der Waals surface area contributed by atoms with Crippen LogP contribution in [0, 0.1) is 11.3 Å². The average Bonchev–Trinajstić information content (AvgIpc) is 2.21. The van der Waals surface area contributed by atoms with E-state index >= 15 is 0 Å². The van der Waals surface area contributed by atoms with Crippen molar-refractivity contribution in [2.45, 2.75) is 6.10 Å². The molecule has 1 aliphatic rings. The summed E-state index contributed by atoms with van der Waals surface area (Å²) in [4.78, 5) is 4.19. The summed E-state index contributed by atoms with van der Waals surface area (Å²) >= 11 is 0. The van der Waals surface area contributed by atoms with Crippen molar-refractivity contribution in [2.75, 3.05) is 45.9 Å². The van der Waals surface area contributed by atoms with Crippen molar-refractivity contribution < 1.29 is 10.2 Å². The second kappa shape index (κ2) is 5.94. The number of rotatable bonds is 4. The fraction of sp³-hybridized carbons (Fsp3) is 0.889. The zero-order chi connectivity index (χ0) is 10.4. The minimum Gasteiger partial charge on any atom is -0.394 e. The van der Waals surface area contributed by atoms with Gasteiger partial charge in [-0.3, -0.25) is 9.80 Å². The van der Waals surface area contributed by atoms with Crippen LogP contribution in [0.4, 0.5) is 0 Å². The van der Waals surface area contributed by atoms with Crippen LogP contribution in [0.15, 0.2) is 0 Å². The predicted molar refractivity (Wildman–Crippen MR) is 51.6 cm³/mol. The van der Waals surface area contributed by atoms with Gasteiger partial charge in [-0.25, -0.2) is 0 Å². The Morgan fingerprint density at radius 1 is 1.21 bits per heavy atom. The van der Waals surface area contributed by atoms with Gasteiger partial charge < -0.3 is 10.2 Å². The molecule has 0 aromatic heterocycles. The summed E-state index contributed by atoms with van der Waals surface area (Å²) in [6.07, 6.45) is -0.641. The SMILES string of the molecule is N#CCN1CCN(CC(O)CO)CC1. The van der Waals surface area contributed by atoms with Gasteiger partial charge in [-0.15, -0.1) is 0 Å². The molecule has 1 aliphatic heterocycles. The molecule has 0 aliphatic carbocycles. The predicted octanol–water partition coefficient (Wildman–Crippen LogP) is -1.52. The third-order valence-corrected chi connectivity index (χ3v) is 2.44. The lowest BCUT2D eigenvalue weighted by Crippen LogP contribution is -2.48. The van der Waals surface area contributed by atoms with Gasteiger partial charge in [0.2, 0.25) is 0 Å². The third kappa shape index (κ3) is 3.60. The molecule has 0 spiro atoms. The molecule has 0 bridgehead atoms. The molecule has 0 saturated carbocycles. The molecular weight excluding hydrogens is 182 g/mol. The maximum Gasteiger partial charge on any atom is 0.0897 e. The molecule has 5 heteroatoms. The van der Waals surface area contributed by atoms with Crippen molar-refractivity contribution in [3.8, 4) is 6.07 Å². The molecule has 0 aromatic rings. The highest BCUT2D eigenvalue weighted by molar-refractivity contribution is 4.81. The number of hydrogen-bond acceptors (Lipinski definition) is 5. The van der Waals surface area contributed by atoms with Crippen LogP contribution in [-0.2, 0) is 0 Å². The van der Waals surface area contributed by atoms with E-state index in [9.17, 15) is 5.11 Å². The summed E-state index contributed by atoms with van der Waals surface area (Å²) in [5.41, 5.74) is 0. The van der Waals surface area contributed by atoms with Gasteiger partial charge in [-0.2, -0.15) is 5.26 Å². The number of nitriles is 1. The number of nitrogens with zero attached hydrogens (tertiary/aromatic N) is 3. The fourth-order valence-electron chi connectivity index (χ4n) is 1.59. The number of β-amino-alcohol motifs (C(OH)–C–C–N with tert-alkyl or cyclic N) is 1. The van der Waals surface area contributed by atoms with Crippen LogP contribution in [0.25, 0.3) is 0 Å². The van der Waals surface area contributed by atoms with Gasteiger partial charge in [0.1, 0.15) is 0 Å². The van der Waals surface area contributed by atoms with Crippen molar-refractivity contribution in [1.29, 1.82) is 5.26 Å². The van der Waals surface area contributed by atoms with E-state index < -0.39 is 6.10 Å². The Bertz CT molecular complexity index is 197. The van der Waals surface area contributed by atoms with Crippen molar-refractivity contribution in [3.05, 3.63) is 0 Å². The molecule has 14 heavy (non-hydrogen) atoms. The van der Waals surface area contributed by atoms with Gasteiger partial charge in [0, 0.05) is 32.7 Å². The minimum atomic E-state index is -0.641. The normalized spacial score (nSPS) is 21.8. The number of piperazine rings is 1. The minimum absolute atomic E-state index is 0.182. The lowest BCUT2D eigenvalue weighted by atomic mass is 10.2. The molecule has 1 fully saturated rings. The third-order valence-electron chi connectivity index (χ3n) is 2.44. The van der Waals surface area contributed by atoms with Crippen molar-refractivity contribution in [3.63, 3.8) is 0 Å². The van der Waals surface area contributed by atoms with E-state index in [1.807, 2.05) is 0 Å². The van der Waals surface area contributed by atoms with Crippen LogP contribution in [0.1, 0.15) is 0 Å². The first kappa shape index (κ1) is 11.4. The van der Waals surface area contributed by atoms with Gasteiger partial charge in [0.25, 0.3) is 0 Å². The Hall–Kier alpha value is -0.670. The van der Waals surface area contributed by atoms with E-state index in [1.54, 1.807) is 0 Å². The lowest BCUT2D eigenvalue weighted by molar-refractivity contribution is 0.0416. The van der Waals surface area contributed by atoms with Crippen molar-refractivity contribution >= 4 is 0 Å². The zero-order valence-electron chi connectivity index (χ0n) is 8.26. The fourth-order valence-corrected chi connectivity index (χ4v) is 1.59. The van der Waals surface area contributed by atoms with Gasteiger partial charge >= 0.3 is 0 Å². The average molecular weight is 199 g/mol. The highest BCUT2D eigenvalue weighted by Gasteiger charge is 2.18. The van der Waals surface area contributed by atoms with Crippen molar-refractivity contribution in [2.24, 2.45) is 0 Å². The summed E-state index contributed by atoms with van der Waals surface area (Å²) < 4.78 is 0. The van der Waals surface area contributed by atoms with E-state index in [2.05, 4.69) is 15.9 Å². The maximum absolute atomic E-state index is 9.22. The van der Waals surface area contributed by atoms with E-state index in [0.29, 0.717) is 13.1 Å². The molecule has 0 radical (unpaired) electrons. The van der Waals surface area contributed by atoms with Gasteiger partial charge in [0.05, 0.1) is 25.3 Å². The Balaban J connectivity index is 2.19. The van der Waals surface area contributed by atoms with E-state index in [-0.39, 0.29) is 6.61 Å². The smallest absolute Gasteiger partial charge is 0.0897 e. The Kier molecular flexibility index (Phi) is 4.84. The van der Waals surface area contributed by atoms with E-state index in [1.165, 1.54) is 0 Å². The van der Waals surface area contributed by atoms with E-state index in [4.69, 9.17) is 10.4 Å². The second-order valence-electron chi connectivity index (χ2n) is 3.57. The topological polar surface area (TPSA) is 70.7 Å². The highest BCUT2D eigenvalue weighted by Crippen LogP contribution is 2.01. The highest BCUT2D eigenvalue weighted by atomic mass is 16.3. The number of hydrogen-bond donors (Lipinski definition) is 2. The van der Waals surface area contributed by atoms with Crippen LogP contribution in [0.2, 0.25) is 0 Å². The first-order chi connectivity index (χ1) is 6.76. The lowest BCUT2D eigenvalue weighted by Gasteiger charge is -2.34. The quantitative estimate of drug-likeness (QED) is 0.538. The van der Waals surface area contributed by atoms with Crippen LogP contribution < -0.4 is 0 Å². The summed E-state index contributed by atoms with van der Waals surface area (Å²) in [7, 11) is 0. The van der Waals surface area contributed by atoms with Crippen LogP contribution >= 0.6 is 0 Å². The van der Waals surface area contributed by atoms with Crippen molar-refractivity contribution in [1.82, 2.24) is 9.80 Å². The van der Waals surface area contributed by atoms with Gasteiger partial charge in [0.15, 0.2) is 0 Å². The summed E-state index contributed by atoms with van der Waals surface area (Å²) in [6.45, 7) is 4.28. The molecule has 5 nitrogen and oxygen atoms in total. The Labute approximate surface area is 84.2 Å². The Morgan fingerprint density at radius 3 is 2.29 bits per heavy atom. The van der Waals surface area contributed by atoms with Gasteiger partial charge in [-0.1, -0.05) is 0 Å². The largest absolute Gasteiger partial charge is 0.394 e. The molecular formula is C9H17N3O2. The standard InChI is InChI=1S/C9H17N3O2/c10-1-2-11-3-5-12(6-4-11)7-9(14)8-13/h9,13-14H,2-8H2. The zero-order valence-corrected chi connectivity index (χ0v) is 8.26. The molecule has 80 valence electrons. The molecule has 2 N–H and O–H groups in total. The van der Waals surface area contributed by atoms with Crippen LogP contribution in [0.3, 0.4) is 0 Å². The molecule has 1 saturated heterocycles. The first-order valence-electron chi connectivity index (χ1n) is 4.87. The molecule has 1 rings (SSSR count).